The molecule has 4 aliphatic carbocycles. The van der Waals surface area contributed by atoms with Crippen LogP contribution in [0.2, 0.25) is 0 Å². The quantitative estimate of drug-likeness (QED) is 0.746. The molecule has 4 aliphatic rings. The summed E-state index contributed by atoms with van der Waals surface area (Å²) >= 11 is 0. The van der Waals surface area contributed by atoms with E-state index in [0.29, 0.717) is 23.0 Å². The fourth-order valence-electron chi connectivity index (χ4n) is 8.28. The summed E-state index contributed by atoms with van der Waals surface area (Å²) in [5.74, 6) is 4.61. The summed E-state index contributed by atoms with van der Waals surface area (Å²) in [6.07, 6.45) is 9.45. The third-order valence-corrected chi connectivity index (χ3v) is 9.49. The van der Waals surface area contributed by atoms with Gasteiger partial charge in [0.1, 0.15) is 5.78 Å². The lowest BCUT2D eigenvalue weighted by Gasteiger charge is -2.62. The Morgan fingerprint density at radius 1 is 0.958 bits per heavy atom. The molecule has 24 heavy (non-hydrogen) atoms. The second-order valence-corrected chi connectivity index (χ2v) is 10.4. The summed E-state index contributed by atoms with van der Waals surface area (Å²) in [6, 6.07) is 0. The normalized spacial score (nSPS) is 57.0. The molecule has 0 radical (unpaired) electrons. The molecule has 1 N–H and O–H groups in total. The first-order valence-electron chi connectivity index (χ1n) is 10.5. The molecule has 2 nitrogen and oxygen atoms in total. The van der Waals surface area contributed by atoms with Crippen LogP contribution in [-0.4, -0.2) is 17.0 Å². The van der Waals surface area contributed by atoms with E-state index in [4.69, 9.17) is 0 Å². The van der Waals surface area contributed by atoms with E-state index in [-0.39, 0.29) is 11.5 Å². The van der Waals surface area contributed by atoms with Crippen molar-refractivity contribution in [2.24, 2.45) is 46.3 Å². The molecule has 0 aromatic rings. The number of hydrogen-bond acceptors (Lipinski definition) is 2. The number of hydrogen-bond donors (Lipinski definition) is 1. The van der Waals surface area contributed by atoms with Crippen LogP contribution in [0.25, 0.3) is 0 Å². The molecule has 0 aliphatic heterocycles. The van der Waals surface area contributed by atoms with Crippen molar-refractivity contribution in [2.75, 3.05) is 0 Å². The van der Waals surface area contributed by atoms with Crippen LogP contribution in [0, 0.1) is 46.3 Å². The van der Waals surface area contributed by atoms with Gasteiger partial charge in [-0.15, -0.1) is 0 Å². The molecule has 136 valence electrons. The van der Waals surface area contributed by atoms with Crippen molar-refractivity contribution in [3.63, 3.8) is 0 Å². The zero-order valence-corrected chi connectivity index (χ0v) is 16.1. The number of aliphatic hydroxyl groups is 1. The summed E-state index contributed by atoms with van der Waals surface area (Å²) in [5.41, 5.74) is 0.699. The van der Waals surface area contributed by atoms with Gasteiger partial charge in [-0.25, -0.2) is 0 Å². The number of fused-ring (bicyclic) bond motifs is 5. The molecule has 4 saturated carbocycles. The first-order valence-corrected chi connectivity index (χ1v) is 10.5. The van der Waals surface area contributed by atoms with E-state index in [1.807, 2.05) is 6.92 Å². The Hall–Kier alpha value is -0.370. The molecule has 0 unspecified atom stereocenters. The van der Waals surface area contributed by atoms with E-state index in [1.54, 1.807) is 0 Å². The molecule has 2 heteroatoms. The topological polar surface area (TPSA) is 37.3 Å². The Morgan fingerprint density at radius 3 is 2.33 bits per heavy atom. The van der Waals surface area contributed by atoms with Crippen LogP contribution >= 0.6 is 0 Å². The number of ketones is 1. The molecule has 0 amide bonds. The average Bonchev–Trinajstić information content (AvgIpc) is 2.86. The van der Waals surface area contributed by atoms with Gasteiger partial charge in [0.05, 0.1) is 6.10 Å². The Bertz CT molecular complexity index is 528. The molecule has 4 rings (SSSR count). The molecule has 4 fully saturated rings. The van der Waals surface area contributed by atoms with Crippen LogP contribution in [0.4, 0.5) is 0 Å². The molecule has 9 atom stereocenters. The van der Waals surface area contributed by atoms with Crippen molar-refractivity contribution in [1.29, 1.82) is 0 Å². The lowest BCUT2D eigenvalue weighted by molar-refractivity contribution is -0.152. The third kappa shape index (κ3) is 2.20. The molecular weight excluding hydrogens is 296 g/mol. The highest BCUT2D eigenvalue weighted by Gasteiger charge is 2.62. The van der Waals surface area contributed by atoms with Gasteiger partial charge in [-0.3, -0.25) is 4.79 Å². The first-order chi connectivity index (χ1) is 11.3. The molecule has 0 spiro atoms. The molecular formula is C22H36O2. The van der Waals surface area contributed by atoms with E-state index < -0.39 is 0 Å². The Balaban J connectivity index is 1.66. The average molecular weight is 333 g/mol. The van der Waals surface area contributed by atoms with Crippen molar-refractivity contribution in [2.45, 2.75) is 85.2 Å². The Labute approximate surface area is 147 Å². The molecule has 0 heterocycles. The predicted molar refractivity (Wildman–Crippen MR) is 96.5 cm³/mol. The van der Waals surface area contributed by atoms with Crippen LogP contribution in [-0.2, 0) is 4.79 Å². The van der Waals surface area contributed by atoms with Gasteiger partial charge >= 0.3 is 0 Å². The monoisotopic (exact) mass is 332 g/mol. The summed E-state index contributed by atoms with van der Waals surface area (Å²) < 4.78 is 0. The van der Waals surface area contributed by atoms with E-state index in [0.717, 1.165) is 42.9 Å². The molecule has 0 aromatic carbocycles. The third-order valence-electron chi connectivity index (χ3n) is 9.49. The van der Waals surface area contributed by atoms with E-state index in [9.17, 15) is 9.90 Å². The number of carbonyl (C=O) groups excluding carboxylic acids is 1. The van der Waals surface area contributed by atoms with E-state index >= 15 is 0 Å². The van der Waals surface area contributed by atoms with Gasteiger partial charge in [0.25, 0.3) is 0 Å². The van der Waals surface area contributed by atoms with Crippen molar-refractivity contribution >= 4 is 5.78 Å². The van der Waals surface area contributed by atoms with Gasteiger partial charge in [-0.1, -0.05) is 20.8 Å². The molecule has 0 aromatic heterocycles. The Kier molecular flexibility index (Phi) is 3.95. The minimum atomic E-state index is -0.0609. The zero-order valence-electron chi connectivity index (χ0n) is 16.1. The molecule has 0 saturated heterocycles. The number of rotatable bonds is 1. The summed E-state index contributed by atoms with van der Waals surface area (Å²) in [4.78, 5) is 12.2. The van der Waals surface area contributed by atoms with Crippen molar-refractivity contribution in [3.8, 4) is 0 Å². The smallest absolute Gasteiger partial charge is 0.133 e. The lowest BCUT2D eigenvalue weighted by Crippen LogP contribution is -2.56. The van der Waals surface area contributed by atoms with Gasteiger partial charge in [0.2, 0.25) is 0 Å². The fourth-order valence-corrected chi connectivity index (χ4v) is 8.28. The minimum absolute atomic E-state index is 0.0609. The summed E-state index contributed by atoms with van der Waals surface area (Å²) in [6.45, 7) is 9.30. The van der Waals surface area contributed by atoms with E-state index in [1.165, 1.54) is 32.1 Å². The highest BCUT2D eigenvalue weighted by atomic mass is 16.3. The maximum Gasteiger partial charge on any atom is 0.133 e. The second-order valence-electron chi connectivity index (χ2n) is 10.4. The van der Waals surface area contributed by atoms with Gasteiger partial charge in [0, 0.05) is 5.92 Å². The standard InChI is InChI=1S/C22H36O2/c1-13-11-15-12-16(24)7-9-21(15,3)19-8-10-22(4)17(14(2)23)5-6-18(22)20(13)19/h13,15-20,24H,5-12H2,1-4H3/t13-,15+,16+,17-,18+,19+,20+,21+,22-/m1/s1. The highest BCUT2D eigenvalue weighted by molar-refractivity contribution is 5.79. The van der Waals surface area contributed by atoms with Crippen LogP contribution < -0.4 is 0 Å². The molecule has 0 bridgehead atoms. The maximum atomic E-state index is 12.2. The lowest BCUT2D eigenvalue weighted by atomic mass is 9.42. The van der Waals surface area contributed by atoms with Crippen LogP contribution in [0.5, 0.6) is 0 Å². The van der Waals surface area contributed by atoms with Crippen molar-refractivity contribution < 1.29 is 9.90 Å². The summed E-state index contributed by atoms with van der Waals surface area (Å²) in [5, 5.41) is 10.2. The number of aliphatic hydroxyl groups excluding tert-OH is 1. The largest absolute Gasteiger partial charge is 0.393 e. The zero-order chi connectivity index (χ0) is 17.3. The predicted octanol–water partition coefficient (Wildman–Crippen LogP) is 4.84. The second kappa shape index (κ2) is 5.56. The maximum absolute atomic E-state index is 12.2. The minimum Gasteiger partial charge on any atom is -0.393 e. The van der Waals surface area contributed by atoms with Crippen molar-refractivity contribution in [1.82, 2.24) is 0 Å². The number of carbonyl (C=O) groups is 1. The van der Waals surface area contributed by atoms with Crippen LogP contribution in [0.15, 0.2) is 0 Å². The fraction of sp³-hybridized carbons (Fsp3) is 0.955. The Morgan fingerprint density at radius 2 is 1.62 bits per heavy atom. The van der Waals surface area contributed by atoms with Crippen LogP contribution in [0.1, 0.15) is 79.1 Å². The van der Waals surface area contributed by atoms with Gasteiger partial charge in [-0.05, 0) is 98.7 Å². The van der Waals surface area contributed by atoms with Gasteiger partial charge in [-0.2, -0.15) is 0 Å². The summed E-state index contributed by atoms with van der Waals surface area (Å²) in [7, 11) is 0. The number of Topliss-reactive ketones (excluding diaryl/α,β-unsaturated/α-hetero) is 1. The van der Waals surface area contributed by atoms with E-state index in [2.05, 4.69) is 20.8 Å². The SMILES string of the molecule is CC(=O)[C@H]1CC[C@H]2[C@@H]3[C@H](C)C[C@H]4C[C@@H](O)CC[C@]4(C)[C@H]3CC[C@]12C. The van der Waals surface area contributed by atoms with Crippen molar-refractivity contribution in [3.05, 3.63) is 0 Å². The first kappa shape index (κ1) is 17.1. The highest BCUT2D eigenvalue weighted by Crippen LogP contribution is 2.68. The van der Waals surface area contributed by atoms with Crippen LogP contribution in [0.3, 0.4) is 0 Å². The van der Waals surface area contributed by atoms with Gasteiger partial charge in [0.15, 0.2) is 0 Å². The van der Waals surface area contributed by atoms with Gasteiger partial charge < -0.3 is 5.11 Å².